The van der Waals surface area contributed by atoms with E-state index in [-0.39, 0.29) is 6.61 Å². The fraction of sp³-hybridized carbons (Fsp3) is 0.167. The Morgan fingerprint density at radius 2 is 1.88 bits per heavy atom. The third-order valence-electron chi connectivity index (χ3n) is 3.28. The molecule has 0 bridgehead atoms. The Labute approximate surface area is 160 Å². The third-order valence-corrected chi connectivity index (χ3v) is 4.02. The number of rotatable bonds is 7. The van der Waals surface area contributed by atoms with E-state index in [4.69, 9.17) is 28.0 Å². The normalized spacial score (nSPS) is 11.8. The highest BCUT2D eigenvalue weighted by Crippen LogP contribution is 2.22. The van der Waals surface area contributed by atoms with E-state index in [0.29, 0.717) is 15.6 Å². The van der Waals surface area contributed by atoms with Crippen LogP contribution in [0.4, 0.5) is 0 Å². The molecule has 0 heterocycles. The summed E-state index contributed by atoms with van der Waals surface area (Å²) in [6.45, 7) is 0.119. The van der Waals surface area contributed by atoms with Crippen LogP contribution in [0.2, 0.25) is 10.0 Å². The Balaban J connectivity index is 1.96. The highest BCUT2D eigenvalue weighted by atomic mass is 35.5. The molecular weight excluding hydrogens is 379 g/mol. The highest BCUT2D eigenvalue weighted by Gasteiger charge is 2.20. The van der Waals surface area contributed by atoms with Crippen molar-refractivity contribution in [2.24, 2.45) is 5.16 Å². The number of methoxy groups -OCH3 is 1. The summed E-state index contributed by atoms with van der Waals surface area (Å²) in [5.74, 6) is -1.10. The molecule has 2 aromatic rings. The Bertz CT molecular complexity index is 797. The van der Waals surface area contributed by atoms with Crippen LogP contribution in [0.1, 0.15) is 15.9 Å². The lowest BCUT2D eigenvalue weighted by molar-refractivity contribution is -0.140. The fourth-order valence-electron chi connectivity index (χ4n) is 1.94. The maximum absolute atomic E-state index is 12.2. The summed E-state index contributed by atoms with van der Waals surface area (Å²) < 4.78 is 4.66. The predicted molar refractivity (Wildman–Crippen MR) is 99.5 cm³/mol. The van der Waals surface area contributed by atoms with Gasteiger partial charge in [0.1, 0.15) is 6.61 Å². The van der Waals surface area contributed by atoms with E-state index < -0.39 is 17.9 Å². The summed E-state index contributed by atoms with van der Waals surface area (Å²) in [6.07, 6.45) is 1.16. The van der Waals surface area contributed by atoms with Gasteiger partial charge in [-0.05, 0) is 29.8 Å². The Morgan fingerprint density at radius 1 is 1.15 bits per heavy atom. The van der Waals surface area contributed by atoms with Crippen molar-refractivity contribution >= 4 is 41.3 Å². The quantitative estimate of drug-likeness (QED) is 0.443. The van der Waals surface area contributed by atoms with Gasteiger partial charge in [0, 0.05) is 5.56 Å². The summed E-state index contributed by atoms with van der Waals surface area (Å²) in [7, 11) is 1.22. The average molecular weight is 395 g/mol. The minimum atomic E-state index is -1.08. The summed E-state index contributed by atoms with van der Waals surface area (Å²) in [5, 5.41) is 7.08. The highest BCUT2D eigenvalue weighted by molar-refractivity contribution is 6.42. The van der Waals surface area contributed by atoms with Gasteiger partial charge >= 0.3 is 5.97 Å². The minimum Gasteiger partial charge on any atom is -0.467 e. The van der Waals surface area contributed by atoms with E-state index in [9.17, 15) is 9.59 Å². The number of esters is 1. The first-order valence-corrected chi connectivity index (χ1v) is 8.30. The van der Waals surface area contributed by atoms with Crippen LogP contribution in [0.3, 0.4) is 0 Å². The van der Waals surface area contributed by atoms with Gasteiger partial charge in [-0.2, -0.15) is 0 Å². The summed E-state index contributed by atoms with van der Waals surface area (Å²) in [6, 6.07) is 12.4. The number of benzene rings is 2. The minimum absolute atomic E-state index is 0.119. The molecule has 0 saturated carbocycles. The number of nitrogens with one attached hydrogen (secondary N) is 1. The number of ether oxygens (including phenoxy) is 1. The largest absolute Gasteiger partial charge is 0.467 e. The number of hydrogen-bond donors (Lipinski definition) is 1. The first-order valence-electron chi connectivity index (χ1n) is 7.54. The molecule has 0 saturated heterocycles. The molecule has 6 nitrogen and oxygen atoms in total. The zero-order valence-corrected chi connectivity index (χ0v) is 15.3. The number of nitrogens with zero attached hydrogens (tertiary/aromatic N) is 1. The van der Waals surface area contributed by atoms with Crippen molar-refractivity contribution in [3.63, 3.8) is 0 Å². The molecule has 1 amide bonds. The molecule has 136 valence electrons. The molecule has 0 aliphatic carbocycles. The van der Waals surface area contributed by atoms with Gasteiger partial charge in [-0.25, -0.2) is 4.79 Å². The molecule has 8 heteroatoms. The van der Waals surface area contributed by atoms with Gasteiger partial charge in [0.15, 0.2) is 6.04 Å². The second-order valence-corrected chi connectivity index (χ2v) is 5.93. The molecule has 0 radical (unpaired) electrons. The number of carbonyl (C=O) groups is 2. The zero-order valence-electron chi connectivity index (χ0n) is 13.8. The Hall–Kier alpha value is -2.57. The van der Waals surface area contributed by atoms with E-state index >= 15 is 0 Å². The second-order valence-electron chi connectivity index (χ2n) is 5.12. The van der Waals surface area contributed by atoms with Crippen molar-refractivity contribution in [2.45, 2.75) is 12.6 Å². The summed E-state index contributed by atoms with van der Waals surface area (Å²) >= 11 is 11.8. The Kier molecular flexibility index (Phi) is 7.44. The van der Waals surface area contributed by atoms with Gasteiger partial charge in [-0.3, -0.25) is 4.79 Å². The van der Waals surface area contributed by atoms with Crippen LogP contribution in [-0.2, 0) is 21.0 Å². The molecule has 0 unspecified atom stereocenters. The van der Waals surface area contributed by atoms with E-state index in [1.165, 1.54) is 7.11 Å². The lowest BCUT2D eigenvalue weighted by Gasteiger charge is -2.12. The standard InChI is InChI=1S/C18H16Cl2N2O4/c1-25-18(24)16(22-17(23)13-5-3-2-4-6-13)10-21-26-11-12-7-8-14(19)15(20)9-12/h2-10,16H,11H2,1H3,(H,22,23)/b21-10-/t16-/m0/s1. The zero-order chi connectivity index (χ0) is 18.9. The van der Waals surface area contributed by atoms with Gasteiger partial charge < -0.3 is 14.9 Å². The first kappa shape index (κ1) is 19.8. The summed E-state index contributed by atoms with van der Waals surface area (Å²) in [4.78, 5) is 29.1. The van der Waals surface area contributed by atoms with Gasteiger partial charge in [0.2, 0.25) is 0 Å². The van der Waals surface area contributed by atoms with Crippen molar-refractivity contribution in [3.05, 3.63) is 69.7 Å². The van der Waals surface area contributed by atoms with Crippen molar-refractivity contribution < 1.29 is 19.2 Å². The number of halogens is 2. The van der Waals surface area contributed by atoms with Gasteiger partial charge in [0.25, 0.3) is 5.91 Å². The van der Waals surface area contributed by atoms with E-state index in [1.807, 2.05) is 0 Å². The molecule has 0 aliphatic heterocycles. The van der Waals surface area contributed by atoms with Crippen molar-refractivity contribution in [3.8, 4) is 0 Å². The predicted octanol–water partition coefficient (Wildman–Crippen LogP) is 3.47. The van der Waals surface area contributed by atoms with Crippen LogP contribution in [0.25, 0.3) is 0 Å². The van der Waals surface area contributed by atoms with Crippen molar-refractivity contribution in [1.29, 1.82) is 0 Å². The van der Waals surface area contributed by atoms with E-state index in [2.05, 4.69) is 15.2 Å². The first-order chi connectivity index (χ1) is 12.5. The SMILES string of the molecule is COC(=O)[C@H](/C=N\OCc1ccc(Cl)c(Cl)c1)NC(=O)c1ccccc1. The maximum atomic E-state index is 12.2. The molecule has 1 atom stereocenters. The number of amides is 1. The Morgan fingerprint density at radius 3 is 2.54 bits per heavy atom. The molecular formula is C18H16Cl2N2O4. The van der Waals surface area contributed by atoms with Crippen LogP contribution >= 0.6 is 23.2 Å². The van der Waals surface area contributed by atoms with Crippen molar-refractivity contribution in [1.82, 2.24) is 5.32 Å². The van der Waals surface area contributed by atoms with Gasteiger partial charge in [-0.1, -0.05) is 52.6 Å². The van der Waals surface area contributed by atoms with Crippen LogP contribution in [-0.4, -0.2) is 31.2 Å². The summed E-state index contributed by atoms with van der Waals surface area (Å²) in [5.41, 5.74) is 1.16. The monoisotopic (exact) mass is 394 g/mol. The van der Waals surface area contributed by atoms with Crippen LogP contribution < -0.4 is 5.32 Å². The number of oxime groups is 1. The third kappa shape index (κ3) is 5.75. The van der Waals surface area contributed by atoms with Crippen LogP contribution in [0.15, 0.2) is 53.7 Å². The average Bonchev–Trinajstić information content (AvgIpc) is 2.66. The van der Waals surface area contributed by atoms with Crippen LogP contribution in [0.5, 0.6) is 0 Å². The smallest absolute Gasteiger partial charge is 0.334 e. The fourth-order valence-corrected chi connectivity index (χ4v) is 2.26. The molecule has 0 aromatic heterocycles. The topological polar surface area (TPSA) is 77.0 Å². The van der Waals surface area contributed by atoms with E-state index in [0.717, 1.165) is 11.8 Å². The number of hydrogen-bond acceptors (Lipinski definition) is 5. The van der Waals surface area contributed by atoms with Gasteiger partial charge in [-0.15, -0.1) is 0 Å². The molecule has 2 rings (SSSR count). The van der Waals surface area contributed by atoms with Gasteiger partial charge in [0.05, 0.1) is 23.4 Å². The van der Waals surface area contributed by atoms with Crippen LogP contribution in [0, 0.1) is 0 Å². The van der Waals surface area contributed by atoms with Crippen molar-refractivity contribution in [2.75, 3.05) is 7.11 Å². The van der Waals surface area contributed by atoms with E-state index in [1.54, 1.807) is 48.5 Å². The lowest BCUT2D eigenvalue weighted by Crippen LogP contribution is -2.42. The molecule has 0 aliphatic rings. The molecule has 0 fully saturated rings. The molecule has 26 heavy (non-hydrogen) atoms. The lowest BCUT2D eigenvalue weighted by atomic mass is 10.2. The molecule has 1 N–H and O–H groups in total. The maximum Gasteiger partial charge on any atom is 0.334 e. The molecule has 0 spiro atoms. The second kappa shape index (κ2) is 9.79. The molecule has 2 aromatic carbocycles. The number of carbonyl (C=O) groups excluding carboxylic acids is 2.